The van der Waals surface area contributed by atoms with Crippen molar-refractivity contribution in [2.75, 3.05) is 13.2 Å². The van der Waals surface area contributed by atoms with E-state index in [-0.39, 0.29) is 49.5 Å². The van der Waals surface area contributed by atoms with E-state index in [0.29, 0.717) is 11.1 Å². The van der Waals surface area contributed by atoms with E-state index < -0.39 is 70.2 Å². The molecule has 0 saturated heterocycles. The van der Waals surface area contributed by atoms with Crippen molar-refractivity contribution in [3.63, 3.8) is 0 Å². The Balaban J connectivity index is 1.31. The Bertz CT molecular complexity index is 1710. The third-order valence-corrected chi connectivity index (χ3v) is 13.1. The lowest BCUT2D eigenvalue weighted by atomic mass is 9.56. The number of carbonyl (C=O) groups excluding carboxylic acids is 3. The van der Waals surface area contributed by atoms with E-state index in [1.54, 1.807) is 25.2 Å². The van der Waals surface area contributed by atoms with Crippen LogP contribution in [0.5, 0.6) is 0 Å². The van der Waals surface area contributed by atoms with E-state index in [2.05, 4.69) is 31.7 Å². The van der Waals surface area contributed by atoms with Crippen LogP contribution in [-0.2, 0) is 23.9 Å². The minimum Gasteiger partial charge on any atom is -0.462 e. The number of allylic oxidation sites excluding steroid dienone is 11. The molecule has 0 bridgehead atoms. The summed E-state index contributed by atoms with van der Waals surface area (Å²) >= 11 is 0. The number of carbonyl (C=O) groups is 3. The fraction of sp³-hybridized carbons (Fsp3) is 0.523. The number of aliphatic hydroxyl groups is 3. The Kier molecular flexibility index (Phi) is 10.6. The van der Waals surface area contributed by atoms with Gasteiger partial charge in [-0.1, -0.05) is 112 Å². The van der Waals surface area contributed by atoms with Crippen LogP contribution < -0.4 is 0 Å². The van der Waals surface area contributed by atoms with Crippen LogP contribution in [0.15, 0.2) is 109 Å². The van der Waals surface area contributed by atoms with Crippen molar-refractivity contribution in [1.82, 2.24) is 0 Å². The minimum atomic E-state index is -1.90. The largest absolute Gasteiger partial charge is 0.462 e. The van der Waals surface area contributed by atoms with Gasteiger partial charge < -0.3 is 24.8 Å². The number of unbranched alkanes of at least 4 members (excludes halogenated alkanes) is 1. The maximum Gasteiger partial charge on any atom is 0.330 e. The maximum atomic E-state index is 13.5. The number of ketones is 1. The van der Waals surface area contributed by atoms with Gasteiger partial charge in [0.05, 0.1) is 18.6 Å². The first-order valence-corrected chi connectivity index (χ1v) is 18.8. The number of cyclic esters (lactones) is 1. The monoisotopic (exact) mass is 710 g/mol. The average molecular weight is 711 g/mol. The molecule has 3 saturated carbocycles. The molecule has 3 N–H and O–H groups in total. The Morgan fingerprint density at radius 1 is 1.02 bits per heavy atom. The molecule has 8 heteroatoms. The van der Waals surface area contributed by atoms with E-state index in [4.69, 9.17) is 9.47 Å². The molecule has 0 aromatic heterocycles. The van der Waals surface area contributed by atoms with Gasteiger partial charge in [-0.3, -0.25) is 9.59 Å². The zero-order chi connectivity index (χ0) is 37.5. The molecule has 1 aliphatic heterocycles. The summed E-state index contributed by atoms with van der Waals surface area (Å²) in [5, 5.41) is 35.0. The van der Waals surface area contributed by atoms with Crippen LogP contribution in [0.4, 0.5) is 0 Å². The van der Waals surface area contributed by atoms with Crippen LogP contribution in [0.25, 0.3) is 0 Å². The van der Waals surface area contributed by atoms with Crippen LogP contribution in [0.1, 0.15) is 59.8 Å². The molecule has 0 aromatic carbocycles. The first kappa shape index (κ1) is 37.9. The molecule has 8 nitrogen and oxygen atoms in total. The molecule has 12 atom stereocenters. The third-order valence-electron chi connectivity index (χ3n) is 13.1. The highest BCUT2D eigenvalue weighted by Gasteiger charge is 2.85. The topological polar surface area (TPSA) is 130 Å². The third kappa shape index (κ3) is 6.10. The van der Waals surface area contributed by atoms with E-state index in [9.17, 15) is 29.7 Å². The number of aliphatic hydroxyl groups excluding tert-OH is 1. The van der Waals surface area contributed by atoms with Gasteiger partial charge in [-0.2, -0.15) is 0 Å². The first-order chi connectivity index (χ1) is 24.8. The van der Waals surface area contributed by atoms with E-state index in [1.807, 2.05) is 62.5 Å². The number of fused-ring (bicyclic) bond motifs is 6. The lowest BCUT2D eigenvalue weighted by Crippen LogP contribution is -2.61. The maximum absolute atomic E-state index is 13.5. The standard InChI is InChI=1S/C44H54O8/c1-6-8-9-10-11-12-14-17-32-31(7-2)33-18-15-13-16-19-38(47)52-43-24-29(4)44(50)35(39(43)41(43,5)27-51-37(46)21-20-34(32)33)23-30(26-45)25-42(49)36(44)22-28(3)40(42)48/h7,9-18,20-23,29,31-36,39,45,49-50H,2,6,8,19,24-27H2,1,3-5H3/b10-9+,12-11+,16-13+,17-14+,18-15+,21-20-/t29-,31-,32+,33+,34-,35+,36-,39-,41-,42-,43+,44-/m0/s1. The normalized spacial score (nSPS) is 44.9. The molecule has 0 aromatic rings. The summed E-state index contributed by atoms with van der Waals surface area (Å²) in [6, 6.07) is 0. The van der Waals surface area contributed by atoms with Crippen LogP contribution >= 0.6 is 0 Å². The molecule has 1 heterocycles. The second-order valence-corrected chi connectivity index (χ2v) is 16.0. The van der Waals surface area contributed by atoms with E-state index in [1.165, 1.54) is 6.08 Å². The molecule has 278 valence electrons. The van der Waals surface area contributed by atoms with Gasteiger partial charge in [0, 0.05) is 35.7 Å². The minimum absolute atomic E-state index is 0.0251. The molecule has 1 spiro atoms. The molecule has 0 unspecified atom stereocenters. The van der Waals surface area contributed by atoms with Gasteiger partial charge in [-0.25, -0.2) is 4.79 Å². The van der Waals surface area contributed by atoms with Crippen molar-refractivity contribution in [1.29, 1.82) is 0 Å². The first-order valence-electron chi connectivity index (χ1n) is 18.8. The van der Waals surface area contributed by atoms with Gasteiger partial charge in [-0.05, 0) is 60.5 Å². The van der Waals surface area contributed by atoms with Crippen LogP contribution in [0.3, 0.4) is 0 Å². The van der Waals surface area contributed by atoms with Gasteiger partial charge in [0.2, 0.25) is 0 Å². The summed E-state index contributed by atoms with van der Waals surface area (Å²) in [6.07, 6.45) is 31.1. The number of hydrogen-bond donors (Lipinski definition) is 3. The Morgan fingerprint density at radius 2 is 1.77 bits per heavy atom. The molecule has 0 amide bonds. The van der Waals surface area contributed by atoms with Crippen molar-refractivity contribution >= 4 is 17.7 Å². The number of hydrogen-bond acceptors (Lipinski definition) is 8. The average Bonchev–Trinajstić information content (AvgIpc) is 3.55. The SMILES string of the molecule is C=C[C@H]1[C@@H](/C=C/C=C/C=C/CCC)[C@@H]2/C=C\C(=O)OC[C@@]3(C)[C@@H]4[C@H]5C=C(CO)C[C@@]6(O)C(=O)C(C)=C[C@@H]6[C@]5(O)[C@@H](C)C[C@@]43OC(=O)C/C=C/C=C/[C@H]12. The van der Waals surface area contributed by atoms with Crippen LogP contribution in [0, 0.1) is 52.8 Å². The summed E-state index contributed by atoms with van der Waals surface area (Å²) in [5.41, 5.74) is -4.69. The van der Waals surface area contributed by atoms with Crippen molar-refractivity contribution in [3.05, 3.63) is 109 Å². The Hall–Kier alpha value is -3.85. The molecule has 6 rings (SSSR count). The van der Waals surface area contributed by atoms with Crippen LogP contribution in [0.2, 0.25) is 0 Å². The fourth-order valence-corrected chi connectivity index (χ4v) is 10.4. The highest BCUT2D eigenvalue weighted by molar-refractivity contribution is 6.04. The smallest absolute Gasteiger partial charge is 0.330 e. The molecule has 3 fully saturated rings. The lowest BCUT2D eigenvalue weighted by molar-refractivity contribution is -0.187. The number of Topliss-reactive ketones (excluding diaryl/α,β-unsaturated/α-hetero) is 1. The summed E-state index contributed by atoms with van der Waals surface area (Å²) in [4.78, 5) is 40.3. The Labute approximate surface area is 307 Å². The summed E-state index contributed by atoms with van der Waals surface area (Å²) in [7, 11) is 0. The summed E-state index contributed by atoms with van der Waals surface area (Å²) in [6.45, 7) is 11.1. The van der Waals surface area contributed by atoms with Gasteiger partial charge in [0.1, 0.15) is 17.8 Å². The Morgan fingerprint density at radius 3 is 2.50 bits per heavy atom. The lowest BCUT2D eigenvalue weighted by Gasteiger charge is -2.50. The predicted octanol–water partition coefficient (Wildman–Crippen LogP) is 6.24. The quantitative estimate of drug-likeness (QED) is 0.161. The molecular formula is C44H54O8. The highest BCUT2D eigenvalue weighted by atomic mass is 16.6. The highest BCUT2D eigenvalue weighted by Crippen LogP contribution is 2.77. The van der Waals surface area contributed by atoms with Crippen molar-refractivity contribution in [3.8, 4) is 0 Å². The molecule has 5 aliphatic carbocycles. The van der Waals surface area contributed by atoms with Crippen molar-refractivity contribution in [2.45, 2.75) is 76.6 Å². The van der Waals surface area contributed by atoms with Gasteiger partial charge in [0.25, 0.3) is 0 Å². The summed E-state index contributed by atoms with van der Waals surface area (Å²) < 4.78 is 12.3. The zero-order valence-corrected chi connectivity index (χ0v) is 30.8. The second kappa shape index (κ2) is 14.5. The predicted molar refractivity (Wildman–Crippen MR) is 199 cm³/mol. The molecular weight excluding hydrogens is 656 g/mol. The second-order valence-electron chi connectivity index (χ2n) is 16.0. The van der Waals surface area contributed by atoms with Gasteiger partial charge in [0.15, 0.2) is 5.78 Å². The van der Waals surface area contributed by atoms with Crippen LogP contribution in [-0.4, -0.2) is 63.1 Å². The van der Waals surface area contributed by atoms with E-state index >= 15 is 0 Å². The molecule has 52 heavy (non-hydrogen) atoms. The van der Waals surface area contributed by atoms with Crippen molar-refractivity contribution in [2.24, 2.45) is 52.8 Å². The number of ether oxygens (including phenoxy) is 2. The van der Waals surface area contributed by atoms with Gasteiger partial charge >= 0.3 is 11.9 Å². The molecule has 0 radical (unpaired) electrons. The fourth-order valence-electron chi connectivity index (χ4n) is 10.4. The number of rotatable bonds is 7. The van der Waals surface area contributed by atoms with Crippen molar-refractivity contribution < 1.29 is 39.2 Å². The molecule has 6 aliphatic rings. The zero-order valence-electron chi connectivity index (χ0n) is 30.8. The number of esters is 2. The van der Waals surface area contributed by atoms with Gasteiger partial charge in [-0.15, -0.1) is 6.58 Å². The van der Waals surface area contributed by atoms with E-state index in [0.717, 1.165) is 12.8 Å². The summed E-state index contributed by atoms with van der Waals surface area (Å²) in [5.74, 6) is -3.69.